The van der Waals surface area contributed by atoms with Gasteiger partial charge in [0.15, 0.2) is 0 Å². The van der Waals surface area contributed by atoms with E-state index in [0.717, 1.165) is 17.1 Å². The minimum absolute atomic E-state index is 0.218. The topological polar surface area (TPSA) is 3.24 Å². The molecule has 3 aliphatic carbocycles. The molecule has 10 aromatic carbocycles. The van der Waals surface area contributed by atoms with Crippen molar-refractivity contribution in [1.29, 1.82) is 0 Å². The molecule has 1 nitrogen and oxygen atoms in total. The molecule has 68 heavy (non-hydrogen) atoms. The molecule has 10 aromatic rings. The van der Waals surface area contributed by atoms with Crippen molar-refractivity contribution in [3.8, 4) is 55.6 Å². The lowest BCUT2D eigenvalue weighted by Gasteiger charge is -2.35. The highest BCUT2D eigenvalue weighted by atomic mass is 15.1. The van der Waals surface area contributed by atoms with Crippen molar-refractivity contribution in [2.24, 2.45) is 0 Å². The van der Waals surface area contributed by atoms with E-state index in [-0.39, 0.29) is 10.8 Å². The van der Waals surface area contributed by atoms with Gasteiger partial charge in [-0.3, -0.25) is 0 Å². The first-order valence-corrected chi connectivity index (χ1v) is 24.1. The number of rotatable bonds is 7. The van der Waals surface area contributed by atoms with E-state index >= 15 is 0 Å². The maximum atomic E-state index is 2.54. The molecule has 0 unspecified atom stereocenters. The number of benzene rings is 10. The number of anilines is 3. The summed E-state index contributed by atoms with van der Waals surface area (Å²) in [6.45, 7) is 9.61. The van der Waals surface area contributed by atoms with Crippen LogP contribution in [0.2, 0.25) is 0 Å². The van der Waals surface area contributed by atoms with Crippen LogP contribution in [0.15, 0.2) is 237 Å². The van der Waals surface area contributed by atoms with Gasteiger partial charge in [-0.05, 0) is 149 Å². The van der Waals surface area contributed by atoms with Crippen LogP contribution in [-0.4, -0.2) is 0 Å². The summed E-state index contributed by atoms with van der Waals surface area (Å²) < 4.78 is 0. The number of fused-ring (bicyclic) bond motifs is 9. The van der Waals surface area contributed by atoms with E-state index in [1.165, 1.54) is 100 Å². The van der Waals surface area contributed by atoms with Crippen molar-refractivity contribution >= 4 is 17.1 Å². The normalized spacial score (nSPS) is 14.8. The molecular weight excluding hydrogens is 819 g/mol. The van der Waals surface area contributed by atoms with Gasteiger partial charge in [0.1, 0.15) is 0 Å². The van der Waals surface area contributed by atoms with Gasteiger partial charge < -0.3 is 4.90 Å². The summed E-state index contributed by atoms with van der Waals surface area (Å²) in [7, 11) is 0. The van der Waals surface area contributed by atoms with Crippen LogP contribution in [0.5, 0.6) is 0 Å². The Morgan fingerprint density at radius 3 is 1.01 bits per heavy atom. The van der Waals surface area contributed by atoms with Crippen LogP contribution < -0.4 is 4.90 Å². The quantitative estimate of drug-likeness (QED) is 0.154. The average Bonchev–Trinajstić information content (AvgIpc) is 3.91. The monoisotopic (exact) mass is 869 g/mol. The molecule has 0 saturated heterocycles. The first-order valence-electron chi connectivity index (χ1n) is 24.1. The van der Waals surface area contributed by atoms with E-state index in [9.17, 15) is 0 Å². The third kappa shape index (κ3) is 5.82. The van der Waals surface area contributed by atoms with Gasteiger partial charge in [0, 0.05) is 27.9 Å². The highest BCUT2D eigenvalue weighted by molar-refractivity contribution is 5.93. The van der Waals surface area contributed by atoms with Gasteiger partial charge >= 0.3 is 0 Å². The molecule has 0 bridgehead atoms. The van der Waals surface area contributed by atoms with E-state index in [2.05, 4.69) is 269 Å². The van der Waals surface area contributed by atoms with E-state index in [0.29, 0.717) is 0 Å². The van der Waals surface area contributed by atoms with Crippen molar-refractivity contribution in [2.45, 2.75) is 43.9 Å². The molecule has 324 valence electrons. The molecule has 13 rings (SSSR count). The highest BCUT2D eigenvalue weighted by Gasteiger charge is 2.47. The van der Waals surface area contributed by atoms with Crippen LogP contribution in [0.25, 0.3) is 55.6 Å². The Balaban J connectivity index is 1.02. The molecule has 0 aromatic heterocycles. The molecule has 0 spiro atoms. The Morgan fingerprint density at radius 2 is 0.574 bits per heavy atom. The summed E-state index contributed by atoms with van der Waals surface area (Å²) in [5.41, 5.74) is 25.9. The van der Waals surface area contributed by atoms with Crippen LogP contribution in [0.1, 0.15) is 72.2 Å². The molecule has 0 atom stereocenters. The van der Waals surface area contributed by atoms with Crippen LogP contribution in [0.4, 0.5) is 17.1 Å². The smallest absolute Gasteiger partial charge is 0.0714 e. The fourth-order valence-electron chi connectivity index (χ4n) is 12.4. The zero-order valence-corrected chi connectivity index (χ0v) is 39.0. The molecule has 0 N–H and O–H groups in total. The van der Waals surface area contributed by atoms with E-state index < -0.39 is 5.41 Å². The van der Waals surface area contributed by atoms with Crippen molar-refractivity contribution in [3.63, 3.8) is 0 Å². The Kier molecular flexibility index (Phi) is 8.89. The second kappa shape index (κ2) is 15.0. The Morgan fingerprint density at radius 1 is 0.250 bits per heavy atom. The van der Waals surface area contributed by atoms with Crippen LogP contribution in [0, 0.1) is 0 Å². The Labute approximate surface area is 400 Å². The minimum atomic E-state index is -0.522. The molecule has 0 amide bonds. The summed E-state index contributed by atoms with van der Waals surface area (Å²) in [6, 6.07) is 88.8. The lowest BCUT2D eigenvalue weighted by Crippen LogP contribution is -2.28. The zero-order chi connectivity index (χ0) is 45.8. The highest BCUT2D eigenvalue weighted by Crippen LogP contribution is 2.59. The molecule has 0 heterocycles. The van der Waals surface area contributed by atoms with E-state index in [1.807, 2.05) is 0 Å². The van der Waals surface area contributed by atoms with E-state index in [4.69, 9.17) is 0 Å². The summed E-state index contributed by atoms with van der Waals surface area (Å²) in [5.74, 6) is 0. The first-order chi connectivity index (χ1) is 33.2. The van der Waals surface area contributed by atoms with Crippen LogP contribution in [0.3, 0.4) is 0 Å². The van der Waals surface area contributed by atoms with Crippen molar-refractivity contribution in [1.82, 2.24) is 0 Å². The summed E-state index contributed by atoms with van der Waals surface area (Å²) in [5, 5.41) is 0. The minimum Gasteiger partial charge on any atom is -0.310 e. The molecule has 0 aliphatic heterocycles. The molecule has 3 aliphatic rings. The predicted molar refractivity (Wildman–Crippen MR) is 284 cm³/mol. The van der Waals surface area contributed by atoms with Gasteiger partial charge in [-0.2, -0.15) is 0 Å². The third-order valence-corrected chi connectivity index (χ3v) is 15.8. The predicted octanol–water partition coefficient (Wildman–Crippen LogP) is 17.5. The van der Waals surface area contributed by atoms with Gasteiger partial charge in [0.2, 0.25) is 0 Å². The fourth-order valence-corrected chi connectivity index (χ4v) is 12.4. The largest absolute Gasteiger partial charge is 0.310 e. The SMILES string of the molecule is CC1(C)c2cc(-c3ccccc3)ccc2-c2ccc(N(c3ccc4c(c3)C(C)(C)c3cc(-c5ccccc5)ccc3-4)c3ccc4c(c3)C(c3ccccc3)(c3ccccc3)c3ccccc3-4)cc21. The maximum Gasteiger partial charge on any atom is 0.0714 e. The third-order valence-electron chi connectivity index (χ3n) is 15.8. The van der Waals surface area contributed by atoms with Gasteiger partial charge in [-0.1, -0.05) is 216 Å². The summed E-state index contributed by atoms with van der Waals surface area (Å²) in [4.78, 5) is 2.54. The fraction of sp³-hybridized carbons (Fsp3) is 0.104. The number of nitrogens with zero attached hydrogens (tertiary/aromatic N) is 1. The van der Waals surface area contributed by atoms with Crippen molar-refractivity contribution in [3.05, 3.63) is 281 Å². The summed E-state index contributed by atoms with van der Waals surface area (Å²) >= 11 is 0. The average molecular weight is 870 g/mol. The Bertz CT molecular complexity index is 3410. The second-order valence-electron chi connectivity index (χ2n) is 20.1. The molecule has 1 heteroatoms. The maximum absolute atomic E-state index is 2.54. The van der Waals surface area contributed by atoms with Gasteiger partial charge in [0.05, 0.1) is 5.41 Å². The number of hydrogen-bond acceptors (Lipinski definition) is 1. The van der Waals surface area contributed by atoms with Gasteiger partial charge in [-0.25, -0.2) is 0 Å². The van der Waals surface area contributed by atoms with Gasteiger partial charge in [0.25, 0.3) is 0 Å². The lowest BCUT2D eigenvalue weighted by molar-refractivity contribution is 0.660. The number of hydrogen-bond donors (Lipinski definition) is 0. The molecule has 0 saturated carbocycles. The standard InChI is InChI=1S/C67H51N/c1-65(2)60-39-46(44-19-9-5-10-20-44)29-34-54(60)56-36-31-50(41-62(56)65)68(51-32-37-57-55-35-30-47(45-21-11-6-12-22-45)40-61(55)66(3,4)63(57)42-51)52-33-38-58-53-27-17-18-28-59(53)67(64(58)43-52,48-23-13-7-14-24-48)49-25-15-8-16-26-49/h5-43H,1-4H3. The summed E-state index contributed by atoms with van der Waals surface area (Å²) in [6.07, 6.45) is 0. The van der Waals surface area contributed by atoms with Crippen LogP contribution >= 0.6 is 0 Å². The van der Waals surface area contributed by atoms with Crippen LogP contribution in [-0.2, 0) is 16.2 Å². The Hall–Kier alpha value is -8.00. The van der Waals surface area contributed by atoms with Crippen molar-refractivity contribution < 1.29 is 0 Å². The lowest BCUT2D eigenvalue weighted by atomic mass is 9.67. The molecular formula is C67H51N. The molecule has 0 fully saturated rings. The first kappa shape index (κ1) is 40.3. The van der Waals surface area contributed by atoms with Crippen molar-refractivity contribution in [2.75, 3.05) is 4.90 Å². The molecule has 0 radical (unpaired) electrons. The zero-order valence-electron chi connectivity index (χ0n) is 39.0. The van der Waals surface area contributed by atoms with E-state index in [1.54, 1.807) is 0 Å². The van der Waals surface area contributed by atoms with Gasteiger partial charge in [-0.15, -0.1) is 0 Å². The second-order valence-corrected chi connectivity index (χ2v) is 20.1.